The third-order valence-corrected chi connectivity index (χ3v) is 6.81. The van der Waals surface area contributed by atoms with Gasteiger partial charge >= 0.3 is 17.9 Å². The number of rotatable bonds is 11. The second kappa shape index (κ2) is 14.2. The molecule has 0 N–H and O–H groups in total. The van der Waals surface area contributed by atoms with Gasteiger partial charge in [-0.2, -0.15) is 8.78 Å². The van der Waals surface area contributed by atoms with Crippen molar-refractivity contribution in [1.29, 1.82) is 0 Å². The van der Waals surface area contributed by atoms with Crippen molar-refractivity contribution in [3.05, 3.63) is 144 Å². The molecule has 0 radical (unpaired) electrons. The Morgan fingerprint density at radius 2 is 1.09 bits per heavy atom. The normalized spacial score (nSPS) is 21.1. The van der Waals surface area contributed by atoms with Gasteiger partial charge in [-0.15, -0.1) is 0 Å². The van der Waals surface area contributed by atoms with Crippen LogP contribution in [0.15, 0.2) is 121 Å². The second-order valence-corrected chi connectivity index (χ2v) is 9.89. The lowest BCUT2D eigenvalue weighted by molar-refractivity contribution is -0.356. The molecular formula is C34H30F2O7. The smallest absolute Gasteiger partial charge is 0.338 e. The predicted octanol–water partition coefficient (Wildman–Crippen LogP) is 6.23. The molecule has 1 aliphatic heterocycles. The van der Waals surface area contributed by atoms with E-state index in [2.05, 4.69) is 0 Å². The Balaban J connectivity index is 1.42. The van der Waals surface area contributed by atoms with E-state index in [-0.39, 0.29) is 24.3 Å². The molecule has 0 spiro atoms. The van der Waals surface area contributed by atoms with E-state index >= 15 is 8.78 Å². The molecule has 43 heavy (non-hydrogen) atoms. The minimum absolute atomic E-state index is 0.0578. The fraction of sp³-hybridized carbons (Fsp3) is 0.235. The average molecular weight is 589 g/mol. The van der Waals surface area contributed by atoms with E-state index < -0.39 is 49.1 Å². The zero-order chi connectivity index (χ0) is 30.1. The molecule has 1 saturated heterocycles. The number of carbonyl (C=O) groups excluding carboxylic acids is 2. The summed E-state index contributed by atoms with van der Waals surface area (Å²) in [5, 5.41) is 0. The Bertz CT molecular complexity index is 1450. The van der Waals surface area contributed by atoms with Crippen LogP contribution in [0, 0.1) is 0 Å². The van der Waals surface area contributed by atoms with Crippen LogP contribution in [0.25, 0.3) is 0 Å². The Kier molecular flexibility index (Phi) is 9.88. The summed E-state index contributed by atoms with van der Waals surface area (Å²) in [6.45, 7) is -0.868. The van der Waals surface area contributed by atoms with Crippen LogP contribution in [0.2, 0.25) is 0 Å². The van der Waals surface area contributed by atoms with Gasteiger partial charge in [-0.05, 0) is 35.4 Å². The summed E-state index contributed by atoms with van der Waals surface area (Å²) in [6, 6.07) is 33.6. The van der Waals surface area contributed by atoms with E-state index in [4.69, 9.17) is 23.7 Å². The van der Waals surface area contributed by atoms with Crippen molar-refractivity contribution in [1.82, 2.24) is 0 Å². The van der Waals surface area contributed by atoms with E-state index in [0.29, 0.717) is 5.56 Å². The predicted molar refractivity (Wildman–Crippen MR) is 152 cm³/mol. The zero-order valence-electron chi connectivity index (χ0n) is 23.1. The Labute approximate surface area is 247 Å². The molecule has 0 amide bonds. The molecule has 0 unspecified atom stereocenters. The molecule has 1 fully saturated rings. The van der Waals surface area contributed by atoms with Crippen molar-refractivity contribution >= 4 is 11.9 Å². The molecular weight excluding hydrogens is 558 g/mol. The first-order chi connectivity index (χ1) is 20.9. The highest BCUT2D eigenvalue weighted by atomic mass is 19.3. The highest BCUT2D eigenvalue weighted by Gasteiger charge is 2.62. The van der Waals surface area contributed by atoms with E-state index in [0.717, 1.165) is 5.56 Å². The monoisotopic (exact) mass is 588 g/mol. The zero-order valence-corrected chi connectivity index (χ0v) is 23.1. The van der Waals surface area contributed by atoms with Gasteiger partial charge in [0.25, 0.3) is 0 Å². The van der Waals surface area contributed by atoms with E-state index in [1.54, 1.807) is 91.0 Å². The van der Waals surface area contributed by atoms with Crippen molar-refractivity contribution in [2.75, 3.05) is 6.61 Å². The summed E-state index contributed by atoms with van der Waals surface area (Å²) in [6.07, 6.45) is -7.30. The summed E-state index contributed by atoms with van der Waals surface area (Å²) in [5.74, 6) is -5.55. The van der Waals surface area contributed by atoms with Gasteiger partial charge in [0.1, 0.15) is 12.7 Å². The van der Waals surface area contributed by atoms with Gasteiger partial charge in [0.05, 0.1) is 24.3 Å². The number of halogens is 2. The van der Waals surface area contributed by atoms with Crippen LogP contribution in [0.5, 0.6) is 0 Å². The van der Waals surface area contributed by atoms with Gasteiger partial charge in [-0.25, -0.2) is 9.59 Å². The molecule has 7 nitrogen and oxygen atoms in total. The maximum Gasteiger partial charge on any atom is 0.338 e. The molecule has 4 atom stereocenters. The quantitative estimate of drug-likeness (QED) is 0.192. The lowest BCUT2D eigenvalue weighted by atomic mass is 9.97. The number of hydrogen-bond donors (Lipinski definition) is 0. The third kappa shape index (κ3) is 7.70. The largest absolute Gasteiger partial charge is 0.459 e. The van der Waals surface area contributed by atoms with Crippen LogP contribution < -0.4 is 0 Å². The molecule has 4 aromatic carbocycles. The number of esters is 2. The summed E-state index contributed by atoms with van der Waals surface area (Å²) in [4.78, 5) is 25.7. The van der Waals surface area contributed by atoms with Crippen molar-refractivity contribution in [2.24, 2.45) is 0 Å². The van der Waals surface area contributed by atoms with E-state index in [9.17, 15) is 9.59 Å². The Morgan fingerprint density at radius 1 is 0.628 bits per heavy atom. The van der Waals surface area contributed by atoms with Crippen LogP contribution in [0.1, 0.15) is 31.8 Å². The summed E-state index contributed by atoms with van der Waals surface area (Å²) in [5.41, 5.74) is 1.67. The van der Waals surface area contributed by atoms with Crippen molar-refractivity contribution < 1.29 is 42.1 Å². The fourth-order valence-electron chi connectivity index (χ4n) is 4.59. The maximum absolute atomic E-state index is 16.5. The number of alkyl halides is 2. The first kappa shape index (κ1) is 30.0. The molecule has 0 bridgehead atoms. The number of hydrogen-bond acceptors (Lipinski definition) is 7. The van der Waals surface area contributed by atoms with Crippen LogP contribution in [-0.2, 0) is 36.9 Å². The second-order valence-electron chi connectivity index (χ2n) is 9.89. The van der Waals surface area contributed by atoms with Crippen molar-refractivity contribution in [3.8, 4) is 0 Å². The molecule has 0 saturated carbocycles. The number of benzene rings is 4. The number of carbonyl (C=O) groups is 2. The van der Waals surface area contributed by atoms with Gasteiger partial charge in [0, 0.05) is 0 Å². The van der Waals surface area contributed by atoms with Crippen molar-refractivity contribution in [3.63, 3.8) is 0 Å². The van der Waals surface area contributed by atoms with E-state index in [1.165, 1.54) is 24.3 Å². The molecule has 4 aromatic rings. The highest BCUT2D eigenvalue weighted by molar-refractivity contribution is 5.90. The average Bonchev–Trinajstić information content (AvgIpc) is 3.05. The molecule has 9 heteroatoms. The van der Waals surface area contributed by atoms with Crippen molar-refractivity contribution in [2.45, 2.75) is 43.7 Å². The summed E-state index contributed by atoms with van der Waals surface area (Å²) < 4.78 is 61.3. The molecule has 222 valence electrons. The summed E-state index contributed by atoms with van der Waals surface area (Å²) in [7, 11) is 0. The molecule has 1 aliphatic rings. The Morgan fingerprint density at radius 3 is 1.63 bits per heavy atom. The number of ether oxygens (including phenoxy) is 5. The van der Waals surface area contributed by atoms with Crippen LogP contribution in [0.3, 0.4) is 0 Å². The fourth-order valence-corrected chi connectivity index (χ4v) is 4.59. The van der Waals surface area contributed by atoms with Crippen LogP contribution >= 0.6 is 0 Å². The van der Waals surface area contributed by atoms with Crippen LogP contribution in [-0.4, -0.2) is 49.1 Å². The molecule has 0 aliphatic carbocycles. The SMILES string of the molecule is O=C(OC[C@H]1O[C@H](OCc2ccccc2)[C@H](OCc2ccccc2)C(F)(F)[C@@H]1OC(=O)c1ccccc1)c1ccccc1. The topological polar surface area (TPSA) is 80.3 Å². The first-order valence-corrected chi connectivity index (χ1v) is 13.7. The van der Waals surface area contributed by atoms with Gasteiger partial charge in [-0.3, -0.25) is 0 Å². The highest BCUT2D eigenvalue weighted by Crippen LogP contribution is 2.40. The standard InChI is InChI=1S/C34H30F2O7/c35-34(36)29(43-32(38)27-19-11-4-12-20-27)28(23-40-31(37)26-17-9-3-10-18-26)42-33(41-22-25-15-7-2-8-16-25)30(34)39-21-24-13-5-1-6-14-24/h1-20,28-30,33H,21-23H2/t28-,29-,30+,33+/m1/s1. The molecule has 1 heterocycles. The summed E-state index contributed by atoms with van der Waals surface area (Å²) >= 11 is 0. The van der Waals surface area contributed by atoms with Crippen LogP contribution in [0.4, 0.5) is 8.78 Å². The third-order valence-electron chi connectivity index (χ3n) is 6.81. The van der Waals surface area contributed by atoms with Gasteiger partial charge < -0.3 is 23.7 Å². The minimum Gasteiger partial charge on any atom is -0.459 e. The van der Waals surface area contributed by atoms with E-state index in [1.807, 2.05) is 6.07 Å². The lowest BCUT2D eigenvalue weighted by Crippen LogP contribution is -2.65. The Hall–Kier alpha value is -4.44. The molecule has 5 rings (SSSR count). The van der Waals surface area contributed by atoms with Gasteiger partial charge in [-0.1, -0.05) is 97.1 Å². The lowest BCUT2D eigenvalue weighted by Gasteiger charge is -2.45. The maximum atomic E-state index is 16.5. The first-order valence-electron chi connectivity index (χ1n) is 13.7. The molecule has 0 aromatic heterocycles. The van der Waals surface area contributed by atoms with Gasteiger partial charge in [0.2, 0.25) is 0 Å². The van der Waals surface area contributed by atoms with Gasteiger partial charge in [0.15, 0.2) is 18.5 Å². The minimum atomic E-state index is -3.82.